The van der Waals surface area contributed by atoms with Crippen molar-refractivity contribution in [2.45, 2.75) is 13.8 Å². The summed E-state index contributed by atoms with van der Waals surface area (Å²) in [5.74, 6) is -0.145. The smallest absolute Gasteiger partial charge is 0.277 e. The van der Waals surface area contributed by atoms with Crippen LogP contribution in [-0.2, 0) is 4.79 Å². The summed E-state index contributed by atoms with van der Waals surface area (Å²) in [4.78, 5) is 11.6. The first-order chi connectivity index (χ1) is 10.6. The van der Waals surface area contributed by atoms with Gasteiger partial charge in [0.1, 0.15) is 11.6 Å². The number of ether oxygens (including phenoxy) is 1. The molecule has 0 fully saturated rings. The van der Waals surface area contributed by atoms with E-state index >= 15 is 0 Å². The Kier molecular flexibility index (Phi) is 5.25. The molecule has 0 aromatic heterocycles. The molecule has 5 heteroatoms. The molecule has 0 aliphatic carbocycles. The van der Waals surface area contributed by atoms with Crippen molar-refractivity contribution in [3.05, 3.63) is 65.0 Å². The molecule has 0 aliphatic heterocycles. The van der Waals surface area contributed by atoms with Crippen LogP contribution in [0, 0.1) is 19.7 Å². The van der Waals surface area contributed by atoms with Gasteiger partial charge in [0.05, 0.1) is 6.21 Å². The van der Waals surface area contributed by atoms with E-state index in [1.807, 2.05) is 26.0 Å². The van der Waals surface area contributed by atoms with E-state index in [1.165, 1.54) is 12.3 Å². The minimum atomic E-state index is -0.409. The highest BCUT2D eigenvalue weighted by molar-refractivity contribution is 5.83. The average molecular weight is 300 g/mol. The Bertz CT molecular complexity index is 699. The second-order valence-corrected chi connectivity index (χ2v) is 4.80. The van der Waals surface area contributed by atoms with Gasteiger partial charge in [0, 0.05) is 5.56 Å². The molecule has 2 aromatic carbocycles. The van der Waals surface area contributed by atoms with Crippen molar-refractivity contribution in [2.24, 2.45) is 5.10 Å². The van der Waals surface area contributed by atoms with Crippen molar-refractivity contribution < 1.29 is 13.9 Å². The maximum Gasteiger partial charge on any atom is 0.277 e. The topological polar surface area (TPSA) is 50.7 Å². The maximum absolute atomic E-state index is 13.3. The van der Waals surface area contributed by atoms with Gasteiger partial charge in [0.2, 0.25) is 0 Å². The molecule has 0 atom stereocenters. The normalized spacial score (nSPS) is 10.7. The number of halogens is 1. The molecule has 0 radical (unpaired) electrons. The zero-order valence-corrected chi connectivity index (χ0v) is 12.5. The van der Waals surface area contributed by atoms with Crippen LogP contribution in [-0.4, -0.2) is 18.7 Å². The van der Waals surface area contributed by atoms with Gasteiger partial charge in [0.15, 0.2) is 6.61 Å². The van der Waals surface area contributed by atoms with Crippen molar-refractivity contribution >= 4 is 12.1 Å². The summed E-state index contributed by atoms with van der Waals surface area (Å²) in [5.41, 5.74) is 4.69. The number of hydrogen-bond donors (Lipinski definition) is 1. The molecular formula is C17H17FN2O2. The molecule has 4 nitrogen and oxygen atoms in total. The molecular weight excluding hydrogens is 283 g/mol. The Morgan fingerprint density at radius 2 is 2.00 bits per heavy atom. The Labute approximate surface area is 128 Å². The largest absolute Gasteiger partial charge is 0.483 e. The molecule has 1 N–H and O–H groups in total. The predicted octanol–water partition coefficient (Wildman–Crippen LogP) is 2.97. The van der Waals surface area contributed by atoms with Crippen LogP contribution in [0.1, 0.15) is 16.7 Å². The van der Waals surface area contributed by atoms with E-state index in [9.17, 15) is 9.18 Å². The van der Waals surface area contributed by atoms with Gasteiger partial charge in [-0.05, 0) is 37.1 Å². The van der Waals surface area contributed by atoms with Crippen LogP contribution >= 0.6 is 0 Å². The number of aryl methyl sites for hydroxylation is 1. The number of carbonyl (C=O) groups is 1. The third-order valence-electron chi connectivity index (χ3n) is 3.21. The first kappa shape index (κ1) is 15.7. The quantitative estimate of drug-likeness (QED) is 0.682. The summed E-state index contributed by atoms with van der Waals surface area (Å²) >= 11 is 0. The molecule has 0 saturated carbocycles. The van der Waals surface area contributed by atoms with Crippen molar-refractivity contribution in [1.29, 1.82) is 0 Å². The highest BCUT2D eigenvalue weighted by Crippen LogP contribution is 2.20. The maximum atomic E-state index is 13.3. The van der Waals surface area contributed by atoms with Gasteiger partial charge in [-0.3, -0.25) is 4.79 Å². The van der Waals surface area contributed by atoms with Crippen molar-refractivity contribution in [1.82, 2.24) is 5.43 Å². The lowest BCUT2D eigenvalue weighted by Gasteiger charge is -2.09. The van der Waals surface area contributed by atoms with Gasteiger partial charge in [-0.2, -0.15) is 5.10 Å². The number of amides is 1. The zero-order chi connectivity index (χ0) is 15.9. The van der Waals surface area contributed by atoms with Crippen LogP contribution in [0.15, 0.2) is 47.6 Å². The number of hydrazone groups is 1. The Hall–Kier alpha value is -2.69. The van der Waals surface area contributed by atoms with Gasteiger partial charge in [-0.1, -0.05) is 30.3 Å². The molecule has 2 aromatic rings. The fourth-order valence-electron chi connectivity index (χ4n) is 1.81. The van der Waals surface area contributed by atoms with E-state index in [4.69, 9.17) is 4.74 Å². The van der Waals surface area contributed by atoms with Crippen LogP contribution in [0.5, 0.6) is 5.75 Å². The summed E-state index contributed by atoms with van der Waals surface area (Å²) in [5, 5.41) is 3.71. The first-order valence-corrected chi connectivity index (χ1v) is 6.83. The molecule has 0 aliphatic rings. The number of rotatable bonds is 5. The third kappa shape index (κ3) is 4.15. The van der Waals surface area contributed by atoms with Crippen molar-refractivity contribution in [2.75, 3.05) is 6.61 Å². The number of carbonyl (C=O) groups excluding carboxylic acids is 1. The van der Waals surface area contributed by atoms with Crippen LogP contribution in [0.25, 0.3) is 0 Å². The Morgan fingerprint density at radius 3 is 2.77 bits per heavy atom. The fourth-order valence-corrected chi connectivity index (χ4v) is 1.81. The molecule has 0 heterocycles. The van der Waals surface area contributed by atoms with Crippen LogP contribution in [0.2, 0.25) is 0 Å². The SMILES string of the molecule is Cc1cccc(OCC(=O)N/N=C\c2ccccc2F)c1C. The summed E-state index contributed by atoms with van der Waals surface area (Å²) < 4.78 is 18.8. The van der Waals surface area contributed by atoms with Crippen LogP contribution < -0.4 is 10.2 Å². The zero-order valence-electron chi connectivity index (χ0n) is 12.5. The van der Waals surface area contributed by atoms with Gasteiger partial charge in [-0.25, -0.2) is 9.82 Å². The van der Waals surface area contributed by atoms with E-state index in [0.717, 1.165) is 11.1 Å². The van der Waals surface area contributed by atoms with Gasteiger partial charge in [-0.15, -0.1) is 0 Å². The van der Waals surface area contributed by atoms with Gasteiger partial charge < -0.3 is 4.74 Å². The summed E-state index contributed by atoms with van der Waals surface area (Å²) in [7, 11) is 0. The predicted molar refractivity (Wildman–Crippen MR) is 83.5 cm³/mol. The van der Waals surface area contributed by atoms with E-state index in [2.05, 4.69) is 10.5 Å². The molecule has 114 valence electrons. The number of benzene rings is 2. The van der Waals surface area contributed by atoms with Crippen LogP contribution in [0.3, 0.4) is 0 Å². The minimum absolute atomic E-state index is 0.154. The number of nitrogens with one attached hydrogen (secondary N) is 1. The Balaban J connectivity index is 1.86. The third-order valence-corrected chi connectivity index (χ3v) is 3.21. The molecule has 0 saturated heterocycles. The average Bonchev–Trinajstić information content (AvgIpc) is 2.51. The number of nitrogens with zero attached hydrogens (tertiary/aromatic N) is 1. The lowest BCUT2D eigenvalue weighted by atomic mass is 10.1. The molecule has 1 amide bonds. The minimum Gasteiger partial charge on any atom is -0.483 e. The van der Waals surface area contributed by atoms with Gasteiger partial charge >= 0.3 is 0 Å². The van der Waals surface area contributed by atoms with E-state index in [-0.39, 0.29) is 6.61 Å². The number of hydrogen-bond acceptors (Lipinski definition) is 3. The lowest BCUT2D eigenvalue weighted by molar-refractivity contribution is -0.123. The molecule has 0 unspecified atom stereocenters. The van der Waals surface area contributed by atoms with E-state index < -0.39 is 11.7 Å². The van der Waals surface area contributed by atoms with Crippen molar-refractivity contribution in [3.8, 4) is 5.75 Å². The molecule has 0 spiro atoms. The highest BCUT2D eigenvalue weighted by atomic mass is 19.1. The van der Waals surface area contributed by atoms with Crippen LogP contribution in [0.4, 0.5) is 4.39 Å². The standard InChI is InChI=1S/C17H17FN2O2/c1-12-6-5-9-16(13(12)2)22-11-17(21)20-19-10-14-7-3-4-8-15(14)18/h3-10H,11H2,1-2H3,(H,20,21)/b19-10-. The molecule has 22 heavy (non-hydrogen) atoms. The molecule has 2 rings (SSSR count). The summed E-state index contributed by atoms with van der Waals surface area (Å²) in [6, 6.07) is 11.8. The highest BCUT2D eigenvalue weighted by Gasteiger charge is 2.05. The van der Waals surface area contributed by atoms with Crippen molar-refractivity contribution in [3.63, 3.8) is 0 Å². The van der Waals surface area contributed by atoms with E-state index in [1.54, 1.807) is 24.3 Å². The second-order valence-electron chi connectivity index (χ2n) is 4.80. The lowest BCUT2D eigenvalue weighted by Crippen LogP contribution is -2.24. The Morgan fingerprint density at radius 1 is 1.23 bits per heavy atom. The van der Waals surface area contributed by atoms with Gasteiger partial charge in [0.25, 0.3) is 5.91 Å². The summed E-state index contributed by atoms with van der Waals surface area (Å²) in [6.45, 7) is 3.75. The monoisotopic (exact) mass is 300 g/mol. The first-order valence-electron chi connectivity index (χ1n) is 6.83. The second kappa shape index (κ2) is 7.36. The molecule has 0 bridgehead atoms. The summed E-state index contributed by atoms with van der Waals surface area (Å²) in [6.07, 6.45) is 1.26. The van der Waals surface area contributed by atoms with E-state index in [0.29, 0.717) is 11.3 Å². The fraction of sp³-hybridized carbons (Fsp3) is 0.176.